The predicted octanol–water partition coefficient (Wildman–Crippen LogP) is 1.85. The molecule has 122 valence electrons. The maximum Gasteiger partial charge on any atom is 0.335 e. The van der Waals surface area contributed by atoms with Crippen LogP contribution < -0.4 is 0 Å². The maximum absolute atomic E-state index is 11.8. The Hall–Kier alpha value is -2.08. The van der Waals surface area contributed by atoms with Gasteiger partial charge in [0.1, 0.15) is 0 Å². The molecule has 0 saturated carbocycles. The summed E-state index contributed by atoms with van der Waals surface area (Å²) in [5, 5.41) is 9.44. The van der Waals surface area contributed by atoms with Gasteiger partial charge in [-0.15, -0.1) is 6.58 Å². The number of hydrogen-bond donors (Lipinski definition) is 1. The predicted molar refractivity (Wildman–Crippen MR) is 79.4 cm³/mol. The third-order valence-electron chi connectivity index (χ3n) is 3.36. The molecule has 0 fully saturated rings. The van der Waals surface area contributed by atoms with E-state index in [0.29, 0.717) is 12.2 Å². The van der Waals surface area contributed by atoms with Gasteiger partial charge in [-0.05, 0) is 30.4 Å². The summed E-state index contributed by atoms with van der Waals surface area (Å²) in [7, 11) is 2.61. The fraction of sp³-hybridized carbons (Fsp3) is 0.500. The first kappa shape index (κ1) is 18.0. The summed E-state index contributed by atoms with van der Waals surface area (Å²) >= 11 is 0. The van der Waals surface area contributed by atoms with Gasteiger partial charge in [0.05, 0.1) is 20.6 Å². The van der Waals surface area contributed by atoms with E-state index in [4.69, 9.17) is 9.47 Å². The van der Waals surface area contributed by atoms with Crippen LogP contribution in [-0.4, -0.2) is 37.4 Å². The fourth-order valence-corrected chi connectivity index (χ4v) is 2.14. The summed E-state index contributed by atoms with van der Waals surface area (Å²) in [5.41, 5.74) is -0.144. The zero-order valence-electron chi connectivity index (χ0n) is 13.1. The second kappa shape index (κ2) is 7.79. The van der Waals surface area contributed by atoms with Crippen LogP contribution in [0.5, 0.6) is 0 Å². The van der Waals surface area contributed by atoms with Gasteiger partial charge < -0.3 is 19.3 Å². The van der Waals surface area contributed by atoms with Gasteiger partial charge >= 0.3 is 11.9 Å². The third kappa shape index (κ3) is 4.73. The average molecular weight is 310 g/mol. The van der Waals surface area contributed by atoms with Crippen molar-refractivity contribution in [3.8, 4) is 0 Å². The highest BCUT2D eigenvalue weighted by molar-refractivity contribution is 5.82. The largest absolute Gasteiger partial charge is 0.493 e. The third-order valence-corrected chi connectivity index (χ3v) is 3.36. The molecule has 0 heterocycles. The van der Waals surface area contributed by atoms with Gasteiger partial charge in [0, 0.05) is 0 Å². The van der Waals surface area contributed by atoms with E-state index in [1.807, 2.05) is 19.1 Å². The summed E-state index contributed by atoms with van der Waals surface area (Å²) in [6.45, 7) is 5.77. The molecule has 2 unspecified atom stereocenters. The van der Waals surface area contributed by atoms with Gasteiger partial charge in [-0.25, -0.2) is 4.79 Å². The number of carbonyl (C=O) groups excluding carboxylic acids is 2. The lowest BCUT2D eigenvalue weighted by Crippen LogP contribution is -2.26. The Morgan fingerprint density at radius 1 is 1.45 bits per heavy atom. The van der Waals surface area contributed by atoms with Crippen LogP contribution >= 0.6 is 0 Å². The summed E-state index contributed by atoms with van der Waals surface area (Å²) in [6.07, 6.45) is 4.86. The van der Waals surface area contributed by atoms with E-state index in [1.54, 1.807) is 6.08 Å². The number of esters is 2. The molecule has 0 saturated heterocycles. The van der Waals surface area contributed by atoms with E-state index in [-0.39, 0.29) is 11.2 Å². The van der Waals surface area contributed by atoms with Crippen molar-refractivity contribution in [3.63, 3.8) is 0 Å². The molecule has 6 nitrogen and oxygen atoms in total. The molecule has 0 amide bonds. The number of ether oxygens (including phenoxy) is 3. The summed E-state index contributed by atoms with van der Waals surface area (Å²) in [5.74, 6) is -0.891. The van der Waals surface area contributed by atoms with Crippen molar-refractivity contribution in [2.75, 3.05) is 14.2 Å². The van der Waals surface area contributed by atoms with E-state index >= 15 is 0 Å². The zero-order chi connectivity index (χ0) is 16.8. The molecule has 0 spiro atoms. The molecule has 1 N–H and O–H groups in total. The van der Waals surface area contributed by atoms with E-state index < -0.39 is 24.5 Å². The number of aliphatic hydroxyl groups is 1. The van der Waals surface area contributed by atoms with Crippen molar-refractivity contribution in [3.05, 3.63) is 36.3 Å². The molecule has 1 aliphatic carbocycles. The molecule has 1 aliphatic rings. The second-order valence-electron chi connectivity index (χ2n) is 5.35. The Balaban J connectivity index is 2.72. The van der Waals surface area contributed by atoms with Crippen LogP contribution in [0.3, 0.4) is 0 Å². The summed E-state index contributed by atoms with van der Waals surface area (Å²) in [6, 6.07) is 0. The Morgan fingerprint density at radius 3 is 2.68 bits per heavy atom. The number of aliphatic hydroxyl groups excluding tert-OH is 1. The van der Waals surface area contributed by atoms with Crippen LogP contribution in [0.1, 0.15) is 26.2 Å². The van der Waals surface area contributed by atoms with Gasteiger partial charge in [-0.1, -0.05) is 13.0 Å². The summed E-state index contributed by atoms with van der Waals surface area (Å²) in [4.78, 5) is 22.8. The Kier molecular flexibility index (Phi) is 6.37. The molecular weight excluding hydrogens is 288 g/mol. The Morgan fingerprint density at radius 2 is 2.14 bits per heavy atom. The minimum Gasteiger partial charge on any atom is -0.493 e. The van der Waals surface area contributed by atoms with Gasteiger partial charge in [-0.3, -0.25) is 4.79 Å². The minimum absolute atomic E-state index is 0.144. The molecule has 2 atom stereocenters. The molecule has 0 aromatic heterocycles. The van der Waals surface area contributed by atoms with E-state index in [0.717, 1.165) is 13.5 Å². The molecule has 0 radical (unpaired) electrons. The van der Waals surface area contributed by atoms with Gasteiger partial charge in [-0.2, -0.15) is 0 Å². The molecule has 0 bridgehead atoms. The first-order valence-electron chi connectivity index (χ1n) is 6.90. The van der Waals surface area contributed by atoms with Gasteiger partial charge in [0.25, 0.3) is 0 Å². The van der Waals surface area contributed by atoms with Crippen LogP contribution in [0.4, 0.5) is 0 Å². The number of methoxy groups -OCH3 is 2. The van der Waals surface area contributed by atoms with Crippen molar-refractivity contribution in [2.45, 2.75) is 32.3 Å². The van der Waals surface area contributed by atoms with Crippen LogP contribution in [0.25, 0.3) is 0 Å². The first-order chi connectivity index (χ1) is 10.3. The smallest absolute Gasteiger partial charge is 0.335 e. The van der Waals surface area contributed by atoms with Crippen LogP contribution in [-0.2, 0) is 23.8 Å². The molecule has 1 rings (SSSR count). The van der Waals surface area contributed by atoms with Crippen LogP contribution in [0.15, 0.2) is 36.3 Å². The lowest BCUT2D eigenvalue weighted by atomic mass is 9.80. The monoisotopic (exact) mass is 310 g/mol. The molecule has 6 heteroatoms. The average Bonchev–Trinajstić information content (AvgIpc) is 2.48. The fourth-order valence-electron chi connectivity index (χ4n) is 2.14. The lowest BCUT2D eigenvalue weighted by molar-refractivity contribution is -0.156. The first-order valence-corrected chi connectivity index (χ1v) is 6.90. The highest BCUT2D eigenvalue weighted by Gasteiger charge is 2.29. The van der Waals surface area contributed by atoms with Gasteiger partial charge in [0.2, 0.25) is 0 Å². The Labute approximate surface area is 130 Å². The SMILES string of the molecule is C=CCC1(C)C=C(OC)C(OC(=O)CC(O)C(=O)OC)=CC1. The van der Waals surface area contributed by atoms with E-state index in [2.05, 4.69) is 11.3 Å². The highest BCUT2D eigenvalue weighted by atomic mass is 16.6. The number of rotatable bonds is 7. The van der Waals surface area contributed by atoms with Crippen molar-refractivity contribution in [1.82, 2.24) is 0 Å². The van der Waals surface area contributed by atoms with E-state index in [9.17, 15) is 14.7 Å². The number of carbonyl (C=O) groups is 2. The van der Waals surface area contributed by atoms with Crippen molar-refractivity contribution >= 4 is 11.9 Å². The zero-order valence-corrected chi connectivity index (χ0v) is 13.1. The van der Waals surface area contributed by atoms with Crippen molar-refractivity contribution in [1.29, 1.82) is 0 Å². The Bertz CT molecular complexity index is 505. The molecule has 0 aromatic carbocycles. The quantitative estimate of drug-likeness (QED) is 0.571. The van der Waals surface area contributed by atoms with E-state index in [1.165, 1.54) is 7.11 Å². The number of hydrogen-bond acceptors (Lipinski definition) is 6. The van der Waals surface area contributed by atoms with Crippen molar-refractivity contribution in [2.24, 2.45) is 5.41 Å². The molecule has 0 aromatic rings. The maximum atomic E-state index is 11.8. The topological polar surface area (TPSA) is 82.1 Å². The summed E-state index contributed by atoms with van der Waals surface area (Å²) < 4.78 is 14.8. The second-order valence-corrected chi connectivity index (χ2v) is 5.35. The molecular formula is C16H22O6. The van der Waals surface area contributed by atoms with Crippen LogP contribution in [0, 0.1) is 5.41 Å². The van der Waals surface area contributed by atoms with Crippen molar-refractivity contribution < 1.29 is 28.9 Å². The molecule has 0 aliphatic heterocycles. The standard InChI is InChI=1S/C16H22O6/c1-5-7-16(2)8-6-12(13(10-16)20-3)22-14(18)9-11(17)15(19)21-4/h5-6,10-11,17H,1,7-9H2,2-4H3. The van der Waals surface area contributed by atoms with Crippen LogP contribution in [0.2, 0.25) is 0 Å². The minimum atomic E-state index is -1.54. The normalized spacial score (nSPS) is 22.0. The highest BCUT2D eigenvalue weighted by Crippen LogP contribution is 2.37. The molecule has 22 heavy (non-hydrogen) atoms. The number of allylic oxidation sites excluding steroid dienone is 3. The van der Waals surface area contributed by atoms with Gasteiger partial charge in [0.15, 0.2) is 17.6 Å². The lowest BCUT2D eigenvalue weighted by Gasteiger charge is -2.28.